The van der Waals surface area contributed by atoms with Crippen LogP contribution in [0.5, 0.6) is 0 Å². The molecule has 0 saturated heterocycles. The van der Waals surface area contributed by atoms with E-state index in [2.05, 4.69) is 56.3 Å². The zero-order chi connectivity index (χ0) is 14.1. The molecule has 0 aliphatic heterocycles. The third-order valence-corrected chi connectivity index (χ3v) is 5.13. The first kappa shape index (κ1) is 13.7. The van der Waals surface area contributed by atoms with E-state index < -0.39 is 0 Å². The molecule has 2 aromatic carbocycles. The number of halogens is 1. The average molecular weight is 285 g/mol. The van der Waals surface area contributed by atoms with Crippen molar-refractivity contribution in [3.63, 3.8) is 0 Å². The molecule has 0 amide bonds. The average Bonchev–Trinajstić information content (AvgIpc) is 2.46. The fourth-order valence-corrected chi connectivity index (χ4v) is 3.71. The summed E-state index contributed by atoms with van der Waals surface area (Å²) in [5, 5.41) is 0.153. The Balaban J connectivity index is 1.84. The lowest BCUT2D eigenvalue weighted by Gasteiger charge is -2.30. The maximum Gasteiger partial charge on any atom is 0.0619 e. The summed E-state index contributed by atoms with van der Waals surface area (Å²) in [5.74, 6) is 0.548. The van der Waals surface area contributed by atoms with Crippen LogP contribution in [0.2, 0.25) is 0 Å². The first-order chi connectivity index (χ1) is 9.65. The van der Waals surface area contributed by atoms with Gasteiger partial charge in [0.15, 0.2) is 0 Å². The number of benzene rings is 2. The van der Waals surface area contributed by atoms with Gasteiger partial charge in [-0.2, -0.15) is 0 Å². The predicted molar refractivity (Wildman–Crippen MR) is 86.5 cm³/mol. The Morgan fingerprint density at radius 3 is 2.75 bits per heavy atom. The fourth-order valence-electron chi connectivity index (χ4n) is 3.28. The third kappa shape index (κ3) is 2.62. The Morgan fingerprint density at radius 2 is 1.90 bits per heavy atom. The Kier molecular flexibility index (Phi) is 3.85. The van der Waals surface area contributed by atoms with Crippen LogP contribution >= 0.6 is 11.6 Å². The van der Waals surface area contributed by atoms with Gasteiger partial charge >= 0.3 is 0 Å². The molecular weight excluding hydrogens is 264 g/mol. The van der Waals surface area contributed by atoms with Gasteiger partial charge in [-0.05, 0) is 61.3 Å². The Hall–Kier alpha value is -1.27. The van der Waals surface area contributed by atoms with Crippen LogP contribution in [0, 0.1) is 19.8 Å². The van der Waals surface area contributed by atoms with Gasteiger partial charge in [0.05, 0.1) is 5.38 Å². The minimum absolute atomic E-state index is 0.153. The van der Waals surface area contributed by atoms with Crippen molar-refractivity contribution in [1.82, 2.24) is 0 Å². The molecule has 1 aliphatic carbocycles. The number of fused-ring (bicyclic) bond motifs is 1. The molecule has 2 unspecified atom stereocenters. The van der Waals surface area contributed by atoms with Gasteiger partial charge in [-0.15, -0.1) is 11.6 Å². The number of rotatable bonds is 2. The first-order valence-electron chi connectivity index (χ1n) is 7.43. The van der Waals surface area contributed by atoms with Crippen molar-refractivity contribution in [3.8, 4) is 0 Å². The molecule has 1 heteroatoms. The Bertz CT molecular complexity index is 615. The second-order valence-corrected chi connectivity index (χ2v) is 6.50. The summed E-state index contributed by atoms with van der Waals surface area (Å²) in [7, 11) is 0. The fraction of sp³-hybridized carbons (Fsp3) is 0.368. The molecule has 0 saturated carbocycles. The summed E-state index contributed by atoms with van der Waals surface area (Å²) in [6, 6.07) is 15.4. The minimum atomic E-state index is 0.153. The van der Waals surface area contributed by atoms with Crippen molar-refractivity contribution in [2.45, 2.75) is 38.5 Å². The predicted octanol–water partition coefficient (Wildman–Crippen LogP) is 5.39. The summed E-state index contributed by atoms with van der Waals surface area (Å²) in [6.07, 6.45) is 3.45. The van der Waals surface area contributed by atoms with Crippen LogP contribution in [-0.4, -0.2) is 0 Å². The van der Waals surface area contributed by atoms with Crippen LogP contribution in [0.4, 0.5) is 0 Å². The van der Waals surface area contributed by atoms with Gasteiger partial charge in [0.25, 0.3) is 0 Å². The van der Waals surface area contributed by atoms with Crippen LogP contribution in [0.3, 0.4) is 0 Å². The van der Waals surface area contributed by atoms with Crippen LogP contribution < -0.4 is 0 Å². The molecule has 0 bridgehead atoms. The highest BCUT2D eigenvalue weighted by atomic mass is 35.5. The summed E-state index contributed by atoms with van der Waals surface area (Å²) < 4.78 is 0. The lowest BCUT2D eigenvalue weighted by atomic mass is 9.79. The molecular formula is C19H21Cl. The van der Waals surface area contributed by atoms with E-state index in [4.69, 9.17) is 11.6 Å². The van der Waals surface area contributed by atoms with Gasteiger partial charge in [0, 0.05) is 0 Å². The van der Waals surface area contributed by atoms with Gasteiger partial charge in [-0.25, -0.2) is 0 Å². The van der Waals surface area contributed by atoms with E-state index in [1.807, 2.05) is 0 Å². The van der Waals surface area contributed by atoms with E-state index in [-0.39, 0.29) is 5.38 Å². The van der Waals surface area contributed by atoms with Crippen molar-refractivity contribution in [2.75, 3.05) is 0 Å². The van der Waals surface area contributed by atoms with Crippen LogP contribution in [0.15, 0.2) is 42.5 Å². The highest BCUT2D eigenvalue weighted by Crippen LogP contribution is 2.40. The van der Waals surface area contributed by atoms with Gasteiger partial charge < -0.3 is 0 Å². The number of aryl methyl sites for hydroxylation is 3. The second-order valence-electron chi connectivity index (χ2n) is 6.03. The summed E-state index contributed by atoms with van der Waals surface area (Å²) in [5.41, 5.74) is 6.96. The smallest absolute Gasteiger partial charge is 0.0619 e. The molecule has 0 heterocycles. The lowest BCUT2D eigenvalue weighted by Crippen LogP contribution is -2.19. The molecule has 0 fully saturated rings. The molecule has 104 valence electrons. The summed E-state index contributed by atoms with van der Waals surface area (Å²) >= 11 is 6.76. The van der Waals surface area contributed by atoms with Crippen molar-refractivity contribution >= 4 is 11.6 Å². The van der Waals surface area contributed by atoms with Crippen molar-refractivity contribution in [2.24, 2.45) is 5.92 Å². The summed E-state index contributed by atoms with van der Waals surface area (Å²) in [4.78, 5) is 0. The maximum absolute atomic E-state index is 6.76. The van der Waals surface area contributed by atoms with Crippen molar-refractivity contribution < 1.29 is 0 Å². The summed E-state index contributed by atoms with van der Waals surface area (Å²) in [6.45, 7) is 4.37. The number of hydrogen-bond acceptors (Lipinski definition) is 0. The van der Waals surface area contributed by atoms with Gasteiger partial charge in [0.1, 0.15) is 0 Å². The van der Waals surface area contributed by atoms with Crippen LogP contribution in [0.1, 0.15) is 39.6 Å². The third-order valence-electron chi connectivity index (χ3n) is 4.54. The number of alkyl halides is 1. The molecule has 0 aromatic heterocycles. The normalized spacial score (nSPS) is 21.6. The van der Waals surface area contributed by atoms with E-state index in [9.17, 15) is 0 Å². The standard InChI is InChI=1S/C19H21Cl/c1-13-7-8-14(2)17(11-13)12-16-10-9-15-5-3-4-6-18(15)19(16)20/h3-8,11,16,19H,9-10,12H2,1-2H3. The molecule has 2 aromatic rings. The molecule has 0 spiro atoms. The SMILES string of the molecule is Cc1ccc(C)c(CC2CCc3ccccc3C2Cl)c1. The Morgan fingerprint density at radius 1 is 1.10 bits per heavy atom. The van der Waals surface area contributed by atoms with Crippen molar-refractivity contribution in [3.05, 3.63) is 70.3 Å². The molecule has 20 heavy (non-hydrogen) atoms. The van der Waals surface area contributed by atoms with Crippen LogP contribution in [-0.2, 0) is 12.8 Å². The van der Waals surface area contributed by atoms with Gasteiger partial charge in [-0.1, -0.05) is 48.0 Å². The molecule has 2 atom stereocenters. The minimum Gasteiger partial charge on any atom is -0.117 e. The largest absolute Gasteiger partial charge is 0.117 e. The quantitative estimate of drug-likeness (QED) is 0.649. The maximum atomic E-state index is 6.76. The molecule has 0 radical (unpaired) electrons. The molecule has 0 N–H and O–H groups in total. The van der Waals surface area contributed by atoms with E-state index in [1.165, 1.54) is 34.2 Å². The molecule has 1 aliphatic rings. The highest BCUT2D eigenvalue weighted by Gasteiger charge is 2.27. The van der Waals surface area contributed by atoms with Gasteiger partial charge in [-0.3, -0.25) is 0 Å². The second kappa shape index (κ2) is 5.61. The lowest BCUT2D eigenvalue weighted by molar-refractivity contribution is 0.441. The van der Waals surface area contributed by atoms with Gasteiger partial charge in [0.2, 0.25) is 0 Å². The highest BCUT2D eigenvalue weighted by molar-refractivity contribution is 6.21. The van der Waals surface area contributed by atoms with Crippen LogP contribution in [0.25, 0.3) is 0 Å². The topological polar surface area (TPSA) is 0 Å². The van der Waals surface area contributed by atoms with E-state index in [0.29, 0.717) is 5.92 Å². The monoisotopic (exact) mass is 284 g/mol. The zero-order valence-electron chi connectivity index (χ0n) is 12.2. The van der Waals surface area contributed by atoms with E-state index >= 15 is 0 Å². The molecule has 0 nitrogen and oxygen atoms in total. The first-order valence-corrected chi connectivity index (χ1v) is 7.87. The molecule has 3 rings (SSSR count). The Labute approximate surface area is 126 Å². The zero-order valence-corrected chi connectivity index (χ0v) is 13.0. The van der Waals surface area contributed by atoms with E-state index in [0.717, 1.165) is 12.8 Å². The van der Waals surface area contributed by atoms with Crippen molar-refractivity contribution in [1.29, 1.82) is 0 Å². The number of hydrogen-bond donors (Lipinski definition) is 0. The van der Waals surface area contributed by atoms with E-state index in [1.54, 1.807) is 0 Å².